The monoisotopic (exact) mass is 431 g/mol. The molecule has 1 amide bonds. The van der Waals surface area contributed by atoms with E-state index in [9.17, 15) is 26.4 Å². The molecule has 0 saturated heterocycles. The Hall–Kier alpha value is -2.75. The number of amides is 1. The Labute approximate surface area is 166 Å². The van der Waals surface area contributed by atoms with Crippen LogP contribution < -0.4 is 14.8 Å². The zero-order valence-corrected chi connectivity index (χ0v) is 16.6. The summed E-state index contributed by atoms with van der Waals surface area (Å²) in [6.45, 7) is 2.40. The Bertz CT molecular complexity index is 957. The molecule has 0 aromatic heterocycles. The van der Waals surface area contributed by atoms with Gasteiger partial charge in [-0.3, -0.25) is 4.79 Å². The molecule has 6 nitrogen and oxygen atoms in total. The molecule has 0 heterocycles. The maximum atomic E-state index is 12.8. The molecule has 0 fully saturated rings. The van der Waals surface area contributed by atoms with Crippen molar-refractivity contribution in [3.05, 3.63) is 48.0 Å². The van der Waals surface area contributed by atoms with E-state index in [0.29, 0.717) is 18.8 Å². The van der Waals surface area contributed by atoms with Crippen LogP contribution in [0.3, 0.4) is 0 Å². The Balaban J connectivity index is 2.11. The lowest BCUT2D eigenvalue weighted by Gasteiger charge is -2.13. The fourth-order valence-corrected chi connectivity index (χ4v) is 3.26. The normalized spacial score (nSPS) is 11.8. The molecule has 0 aliphatic heterocycles. The number of halogens is 3. The van der Waals surface area contributed by atoms with Crippen LogP contribution in [0.2, 0.25) is 0 Å². The topological polar surface area (TPSA) is 81.7 Å². The minimum Gasteiger partial charge on any atom is -0.495 e. The van der Waals surface area contributed by atoms with E-state index in [4.69, 9.17) is 9.47 Å². The molecule has 2 aromatic carbocycles. The quantitative estimate of drug-likeness (QED) is 0.684. The lowest BCUT2D eigenvalue weighted by Crippen LogP contribution is -2.23. The number of rotatable bonds is 8. The third-order valence-electron chi connectivity index (χ3n) is 3.94. The van der Waals surface area contributed by atoms with Gasteiger partial charge in [0.25, 0.3) is 9.84 Å². The number of nitrogens with one attached hydrogen (secondary N) is 1. The summed E-state index contributed by atoms with van der Waals surface area (Å²) in [6.07, 6.45) is 0.411. The van der Waals surface area contributed by atoms with Gasteiger partial charge in [-0.1, -0.05) is 12.1 Å². The molecule has 0 aliphatic rings. The molecule has 0 unspecified atom stereocenters. The van der Waals surface area contributed by atoms with Crippen LogP contribution in [0.15, 0.2) is 47.4 Å². The third-order valence-corrected chi connectivity index (χ3v) is 5.42. The van der Waals surface area contributed by atoms with E-state index in [2.05, 4.69) is 5.32 Å². The zero-order chi connectivity index (χ0) is 21.7. The lowest BCUT2D eigenvalue weighted by molar-refractivity contribution is -0.116. The van der Waals surface area contributed by atoms with Gasteiger partial charge in [0.05, 0.1) is 24.3 Å². The first-order valence-corrected chi connectivity index (χ1v) is 10.1. The van der Waals surface area contributed by atoms with E-state index in [-0.39, 0.29) is 17.9 Å². The van der Waals surface area contributed by atoms with Crippen LogP contribution in [0.5, 0.6) is 11.5 Å². The molecule has 0 aliphatic carbocycles. The predicted molar refractivity (Wildman–Crippen MR) is 101 cm³/mol. The number of anilines is 1. The number of hydrogen-bond donors (Lipinski definition) is 1. The van der Waals surface area contributed by atoms with Crippen LogP contribution in [-0.4, -0.2) is 33.5 Å². The van der Waals surface area contributed by atoms with E-state index in [1.165, 1.54) is 7.11 Å². The molecular formula is C19H20F3NO5S. The van der Waals surface area contributed by atoms with Gasteiger partial charge in [0, 0.05) is 6.42 Å². The summed E-state index contributed by atoms with van der Waals surface area (Å²) in [5, 5.41) is 2.41. The second-order valence-corrected chi connectivity index (χ2v) is 7.88. The second kappa shape index (κ2) is 9.17. The van der Waals surface area contributed by atoms with Gasteiger partial charge < -0.3 is 14.8 Å². The summed E-state index contributed by atoms with van der Waals surface area (Å²) in [4.78, 5) is 11.2. The predicted octanol–water partition coefficient (Wildman–Crippen LogP) is 3.96. The molecule has 0 radical (unpaired) electrons. The fraction of sp³-hybridized carbons (Fsp3) is 0.316. The second-order valence-electron chi connectivity index (χ2n) is 5.94. The van der Waals surface area contributed by atoms with E-state index in [1.54, 1.807) is 24.3 Å². The smallest absolute Gasteiger partial charge is 0.495 e. The van der Waals surface area contributed by atoms with Crippen molar-refractivity contribution in [2.45, 2.75) is 30.2 Å². The summed E-state index contributed by atoms with van der Waals surface area (Å²) in [7, 11) is -4.29. The summed E-state index contributed by atoms with van der Waals surface area (Å²) in [5.41, 5.74) is -4.74. The van der Waals surface area contributed by atoms with Crippen molar-refractivity contribution in [1.29, 1.82) is 0 Å². The molecule has 29 heavy (non-hydrogen) atoms. The number of hydrogen-bond acceptors (Lipinski definition) is 5. The molecule has 2 aromatic rings. The molecule has 1 N–H and O–H groups in total. The van der Waals surface area contributed by atoms with Crippen molar-refractivity contribution >= 4 is 21.4 Å². The number of aryl methyl sites for hydroxylation is 1. The SMILES string of the molecule is CCOc1ccc(CCC(=O)Nc2cc(S(=O)(=O)C(F)(F)F)ccc2OC)cc1. The van der Waals surface area contributed by atoms with Crippen molar-refractivity contribution in [1.82, 2.24) is 0 Å². The zero-order valence-electron chi connectivity index (χ0n) is 15.7. The van der Waals surface area contributed by atoms with Gasteiger partial charge in [-0.2, -0.15) is 13.2 Å². The van der Waals surface area contributed by atoms with Crippen LogP contribution >= 0.6 is 0 Å². The molecule has 0 bridgehead atoms. The minimum absolute atomic E-state index is 0.0351. The highest BCUT2D eigenvalue weighted by Gasteiger charge is 2.47. The van der Waals surface area contributed by atoms with Gasteiger partial charge in [-0.15, -0.1) is 0 Å². The van der Waals surface area contributed by atoms with Crippen LogP contribution in [-0.2, 0) is 21.1 Å². The van der Waals surface area contributed by atoms with Crippen molar-refractivity contribution in [3.63, 3.8) is 0 Å². The van der Waals surface area contributed by atoms with E-state index >= 15 is 0 Å². The standard InChI is InChI=1S/C19H20F3NO5S/c1-3-28-14-7-4-13(5-8-14)6-11-18(24)23-16-12-15(9-10-17(16)27-2)29(25,26)19(20,21)22/h4-5,7-10,12H,3,6,11H2,1-2H3,(H,23,24). The molecule has 158 valence electrons. The van der Waals surface area contributed by atoms with Gasteiger partial charge >= 0.3 is 5.51 Å². The van der Waals surface area contributed by atoms with Crippen molar-refractivity contribution < 1.29 is 35.9 Å². The van der Waals surface area contributed by atoms with Gasteiger partial charge in [-0.05, 0) is 49.2 Å². The highest BCUT2D eigenvalue weighted by atomic mass is 32.2. The number of carbonyl (C=O) groups is 1. The summed E-state index contributed by atoms with van der Waals surface area (Å²) in [6, 6.07) is 9.70. The highest BCUT2D eigenvalue weighted by molar-refractivity contribution is 7.92. The molecule has 2 rings (SSSR count). The number of methoxy groups -OCH3 is 1. The van der Waals surface area contributed by atoms with Crippen LogP contribution in [0, 0.1) is 0 Å². The van der Waals surface area contributed by atoms with E-state index in [1.807, 2.05) is 6.92 Å². The maximum absolute atomic E-state index is 12.8. The number of carbonyl (C=O) groups excluding carboxylic acids is 1. The van der Waals surface area contributed by atoms with Crippen molar-refractivity contribution in [2.75, 3.05) is 19.0 Å². The summed E-state index contributed by atoms with van der Waals surface area (Å²) >= 11 is 0. The first-order valence-electron chi connectivity index (χ1n) is 8.59. The highest BCUT2D eigenvalue weighted by Crippen LogP contribution is 2.34. The Morgan fingerprint density at radius 1 is 1.10 bits per heavy atom. The van der Waals surface area contributed by atoms with Crippen molar-refractivity contribution in [3.8, 4) is 11.5 Å². The van der Waals surface area contributed by atoms with Gasteiger partial charge in [0.15, 0.2) is 0 Å². The summed E-state index contributed by atoms with van der Waals surface area (Å²) < 4.78 is 71.8. The first-order chi connectivity index (χ1) is 13.6. The van der Waals surface area contributed by atoms with E-state index < -0.39 is 26.1 Å². The number of alkyl halides is 3. The Morgan fingerprint density at radius 2 is 1.76 bits per heavy atom. The van der Waals surface area contributed by atoms with Crippen LogP contribution in [0.25, 0.3) is 0 Å². The fourth-order valence-electron chi connectivity index (χ4n) is 2.48. The lowest BCUT2D eigenvalue weighted by atomic mass is 10.1. The third kappa shape index (κ3) is 5.63. The molecular weight excluding hydrogens is 411 g/mol. The molecule has 0 spiro atoms. The van der Waals surface area contributed by atoms with Gasteiger partial charge in [0.1, 0.15) is 11.5 Å². The Kier molecular flexibility index (Phi) is 7.12. The molecule has 0 atom stereocenters. The summed E-state index contributed by atoms with van der Waals surface area (Å²) in [5.74, 6) is 0.243. The number of ether oxygens (including phenoxy) is 2. The van der Waals surface area contributed by atoms with E-state index in [0.717, 1.165) is 23.8 Å². The van der Waals surface area contributed by atoms with Gasteiger partial charge in [0.2, 0.25) is 5.91 Å². The minimum atomic E-state index is -5.54. The molecule has 10 heteroatoms. The Morgan fingerprint density at radius 3 is 2.31 bits per heavy atom. The molecule has 0 saturated carbocycles. The average Bonchev–Trinajstić information content (AvgIpc) is 2.66. The maximum Gasteiger partial charge on any atom is 0.501 e. The first kappa shape index (κ1) is 22.5. The van der Waals surface area contributed by atoms with Crippen LogP contribution in [0.1, 0.15) is 18.9 Å². The number of benzene rings is 2. The largest absolute Gasteiger partial charge is 0.501 e. The van der Waals surface area contributed by atoms with Gasteiger partial charge in [-0.25, -0.2) is 8.42 Å². The van der Waals surface area contributed by atoms with Crippen molar-refractivity contribution in [2.24, 2.45) is 0 Å². The van der Waals surface area contributed by atoms with Crippen LogP contribution in [0.4, 0.5) is 18.9 Å². The average molecular weight is 431 g/mol. The number of sulfone groups is 1.